The minimum Gasteiger partial charge on any atom is -0.324 e. The van der Waals surface area contributed by atoms with Gasteiger partial charge in [-0.1, -0.05) is 117 Å². The van der Waals surface area contributed by atoms with Gasteiger partial charge in [-0.2, -0.15) is 0 Å². The number of nitro benzene ring substituents is 1. The Morgan fingerprint density at radius 3 is 1.29 bits per heavy atom. The number of nitrogens with one attached hydrogen (secondary N) is 2. The third-order valence-electron chi connectivity index (χ3n) is 12.0. The van der Waals surface area contributed by atoms with Gasteiger partial charge in [0.2, 0.25) is 0 Å². The largest absolute Gasteiger partial charge is 0.324 e. The second-order valence-corrected chi connectivity index (χ2v) is 19.6. The molecule has 0 unspecified atom stereocenters. The molecule has 5 aromatic carbocycles. The lowest BCUT2D eigenvalue weighted by Crippen LogP contribution is -2.10. The minimum atomic E-state index is -0.396. The molecule has 3 aromatic heterocycles. The van der Waals surface area contributed by atoms with Crippen LogP contribution in [0, 0.1) is 10.1 Å². The van der Waals surface area contributed by atoms with Crippen molar-refractivity contribution in [3.8, 4) is 45.6 Å². The van der Waals surface area contributed by atoms with Crippen LogP contribution in [0.5, 0.6) is 0 Å². The fraction of sp³-hybridized carbons (Fsp3) is 0.231. The Balaban J connectivity index is 1.30. The molecule has 5 heterocycles. The summed E-state index contributed by atoms with van der Waals surface area (Å²) < 4.78 is 0. The van der Waals surface area contributed by atoms with Gasteiger partial charge in [-0.15, -0.1) is 0 Å². The van der Waals surface area contributed by atoms with Crippen LogP contribution in [0.15, 0.2) is 97.1 Å². The maximum Gasteiger partial charge on any atom is 0.269 e. The monoisotopic (exact) mass is 829 g/mol. The fourth-order valence-electron chi connectivity index (χ4n) is 8.21. The minimum absolute atomic E-state index is 0.0485. The highest BCUT2D eigenvalue weighted by Crippen LogP contribution is 2.41. The van der Waals surface area contributed by atoms with Crippen molar-refractivity contribution in [2.75, 3.05) is 0 Å². The van der Waals surface area contributed by atoms with Crippen molar-refractivity contribution in [2.24, 2.45) is 0 Å². The molecule has 10 rings (SSSR count). The first-order valence-corrected chi connectivity index (χ1v) is 21.2. The highest BCUT2D eigenvalue weighted by atomic mass is 16.6. The van der Waals surface area contributed by atoms with E-state index in [1.165, 1.54) is 17.7 Å². The van der Waals surface area contributed by atoms with E-state index in [1.807, 2.05) is 24.3 Å². The predicted octanol–water partition coefficient (Wildman–Crippen LogP) is 12.8. The van der Waals surface area contributed by atoms with Crippen LogP contribution >= 0.6 is 0 Å². The van der Waals surface area contributed by atoms with E-state index in [2.05, 4.69) is 133 Å². The van der Waals surface area contributed by atoms with Crippen LogP contribution in [-0.2, 0) is 16.2 Å². The first-order chi connectivity index (χ1) is 29.9. The van der Waals surface area contributed by atoms with E-state index in [1.54, 1.807) is 12.1 Å². The standard InChI is InChI=1S/C52H47N9O2/c1-50(2,3)30-15-21-35-39(25-30)48-56-43(35)54-46-38-24-29(11-10-28-12-18-33(19-13-28)61(62)63)14-20-34(38)42(53-46)55-47-40-26-31(51(4,5)6)16-22-36(40)44(57-47)59-49-41-27-32(52(7,8)9)17-23-37(41)45(58-48)60-49/h10-27H,1-9H3,(H2,53,54,55,56,57,58,59,60)/b11-10+. The molecular formula is C52H47N9O2. The Kier molecular flexibility index (Phi) is 8.87. The predicted molar refractivity (Wildman–Crippen MR) is 254 cm³/mol. The number of non-ortho nitro benzene ring substituents is 1. The van der Waals surface area contributed by atoms with E-state index in [0.717, 1.165) is 66.1 Å². The van der Waals surface area contributed by atoms with Crippen molar-refractivity contribution in [3.63, 3.8) is 0 Å². The molecule has 0 saturated carbocycles. The van der Waals surface area contributed by atoms with Crippen molar-refractivity contribution in [2.45, 2.75) is 78.6 Å². The average molecular weight is 830 g/mol. The van der Waals surface area contributed by atoms with E-state index < -0.39 is 4.92 Å². The SMILES string of the molecule is CC(C)(C)c1ccc2c(c1)-c1nc-2nc2[nH]c(nc3nc(nc4[nH]c(n1)c1ccc(/C=C/c5ccc([N+](=O)[O-])cc5)cc41)-c1ccc(C(C)(C)C)cc1-3)c1ccc(C(C)(C)C)cc21. The molecule has 0 saturated heterocycles. The van der Waals surface area contributed by atoms with E-state index >= 15 is 0 Å². The number of H-pyrrole nitrogens is 2. The number of rotatable bonds is 3. The maximum absolute atomic E-state index is 11.3. The van der Waals surface area contributed by atoms with Gasteiger partial charge in [0.25, 0.3) is 5.69 Å². The first kappa shape index (κ1) is 39.7. The Bertz CT molecular complexity index is 3410. The molecule has 0 amide bonds. The highest BCUT2D eigenvalue weighted by Gasteiger charge is 2.26. The zero-order valence-electron chi connectivity index (χ0n) is 36.8. The Morgan fingerprint density at radius 1 is 0.429 bits per heavy atom. The fourth-order valence-corrected chi connectivity index (χ4v) is 8.21. The summed E-state index contributed by atoms with van der Waals surface area (Å²) >= 11 is 0. The lowest BCUT2D eigenvalue weighted by atomic mass is 9.85. The van der Waals surface area contributed by atoms with Gasteiger partial charge in [0.1, 0.15) is 22.6 Å². The summed E-state index contributed by atoms with van der Waals surface area (Å²) in [7, 11) is 0. The van der Waals surface area contributed by atoms with E-state index in [-0.39, 0.29) is 21.9 Å². The van der Waals surface area contributed by atoms with Crippen LogP contribution in [0.25, 0.3) is 102 Å². The smallest absolute Gasteiger partial charge is 0.269 e. The summed E-state index contributed by atoms with van der Waals surface area (Å²) in [4.78, 5) is 49.6. The summed E-state index contributed by atoms with van der Waals surface area (Å²) in [5.41, 5.74) is 11.0. The number of nitrogens with zero attached hydrogens (tertiary/aromatic N) is 7. The van der Waals surface area contributed by atoms with Gasteiger partial charge in [0, 0.05) is 55.9 Å². The van der Waals surface area contributed by atoms with Crippen LogP contribution < -0.4 is 0 Å². The molecule has 0 radical (unpaired) electrons. The van der Waals surface area contributed by atoms with Crippen molar-refractivity contribution in [1.82, 2.24) is 39.9 Å². The van der Waals surface area contributed by atoms with Crippen molar-refractivity contribution in [1.29, 1.82) is 0 Å². The Morgan fingerprint density at radius 2 is 0.810 bits per heavy atom. The topological polar surface area (TPSA) is 152 Å². The van der Waals surface area contributed by atoms with E-state index in [9.17, 15) is 10.1 Å². The molecule has 8 bridgehead atoms. The quantitative estimate of drug-likeness (QED) is 0.101. The molecule has 2 aliphatic rings. The van der Waals surface area contributed by atoms with Crippen LogP contribution in [0.1, 0.15) is 90.1 Å². The Labute approximate surface area is 364 Å². The third kappa shape index (κ3) is 7.13. The van der Waals surface area contributed by atoms with Gasteiger partial charge in [-0.25, -0.2) is 29.9 Å². The van der Waals surface area contributed by atoms with Gasteiger partial charge >= 0.3 is 0 Å². The van der Waals surface area contributed by atoms with Gasteiger partial charge in [0.05, 0.1) is 4.92 Å². The highest BCUT2D eigenvalue weighted by molar-refractivity contribution is 6.07. The zero-order chi connectivity index (χ0) is 44.2. The van der Waals surface area contributed by atoms with Gasteiger partial charge < -0.3 is 9.97 Å². The molecule has 0 aliphatic carbocycles. The van der Waals surface area contributed by atoms with Crippen LogP contribution in [0.2, 0.25) is 0 Å². The normalized spacial score (nSPS) is 12.9. The molecule has 0 fully saturated rings. The Hall–Kier alpha value is -7.40. The molecule has 2 N–H and O–H groups in total. The van der Waals surface area contributed by atoms with Crippen molar-refractivity contribution >= 4 is 62.0 Å². The molecule has 63 heavy (non-hydrogen) atoms. The summed E-state index contributed by atoms with van der Waals surface area (Å²) in [6.07, 6.45) is 3.92. The zero-order valence-corrected chi connectivity index (χ0v) is 36.8. The van der Waals surface area contributed by atoms with Gasteiger partial charge in [-0.05, 0) is 86.5 Å². The molecule has 2 aliphatic heterocycles. The summed E-state index contributed by atoms with van der Waals surface area (Å²) in [6.45, 7) is 19.8. The number of hydrogen-bond acceptors (Lipinski definition) is 8. The molecule has 312 valence electrons. The number of nitro groups is 1. The second kappa shape index (κ2) is 14.1. The van der Waals surface area contributed by atoms with Gasteiger partial charge in [0.15, 0.2) is 23.3 Å². The molecule has 11 heteroatoms. The molecule has 0 atom stereocenters. The van der Waals surface area contributed by atoms with E-state index in [0.29, 0.717) is 45.9 Å². The number of aromatic amines is 2. The molecule has 8 aromatic rings. The molecular weight excluding hydrogens is 783 g/mol. The average Bonchev–Trinajstić information content (AvgIpc) is 3.96. The summed E-state index contributed by atoms with van der Waals surface area (Å²) in [5.74, 6) is 2.19. The van der Waals surface area contributed by atoms with E-state index in [4.69, 9.17) is 29.9 Å². The van der Waals surface area contributed by atoms with Crippen molar-refractivity contribution < 1.29 is 4.92 Å². The lowest BCUT2D eigenvalue weighted by Gasteiger charge is -2.19. The van der Waals surface area contributed by atoms with Crippen LogP contribution in [-0.4, -0.2) is 44.8 Å². The van der Waals surface area contributed by atoms with Gasteiger partial charge in [-0.3, -0.25) is 10.1 Å². The summed E-state index contributed by atoms with van der Waals surface area (Å²) in [6, 6.07) is 32.0. The maximum atomic E-state index is 11.3. The van der Waals surface area contributed by atoms with Crippen molar-refractivity contribution in [3.05, 3.63) is 135 Å². The van der Waals surface area contributed by atoms with Crippen LogP contribution in [0.4, 0.5) is 5.69 Å². The first-order valence-electron chi connectivity index (χ1n) is 21.2. The summed E-state index contributed by atoms with van der Waals surface area (Å²) in [5, 5.41) is 14.8. The lowest BCUT2D eigenvalue weighted by molar-refractivity contribution is -0.384. The molecule has 0 spiro atoms. The molecule has 11 nitrogen and oxygen atoms in total. The number of benzene rings is 5. The van der Waals surface area contributed by atoms with Crippen LogP contribution in [0.3, 0.4) is 0 Å². The number of aromatic nitrogens is 8. The second-order valence-electron chi connectivity index (χ2n) is 19.6. The number of fused-ring (bicyclic) bond motifs is 20. The third-order valence-corrected chi connectivity index (χ3v) is 12.0. The number of hydrogen-bond donors (Lipinski definition) is 2.